The molecule has 1 rings (SSSR count). The van der Waals surface area contributed by atoms with Gasteiger partial charge in [-0.05, 0) is 24.8 Å². The molecule has 0 unspecified atom stereocenters. The lowest BCUT2D eigenvalue weighted by molar-refractivity contribution is 0.0378. The molecule has 0 aromatic carbocycles. The van der Waals surface area contributed by atoms with Crippen molar-refractivity contribution >= 4 is 17.9 Å². The second-order valence-corrected chi connectivity index (χ2v) is 4.12. The molecule has 12 heavy (non-hydrogen) atoms. The van der Waals surface area contributed by atoms with Crippen molar-refractivity contribution in [3.05, 3.63) is 11.0 Å². The minimum absolute atomic E-state index is 0.349. The average Bonchev–Trinajstić information content (AvgIpc) is 2.16. The summed E-state index contributed by atoms with van der Waals surface area (Å²) < 4.78 is 4.68. The highest BCUT2D eigenvalue weighted by atomic mass is 32.2. The Morgan fingerprint density at radius 3 is 2.83 bits per heavy atom. The van der Waals surface area contributed by atoms with Crippen LogP contribution in [0.4, 0.5) is 4.79 Å². The highest BCUT2D eigenvalue weighted by Gasteiger charge is 2.41. The fourth-order valence-corrected chi connectivity index (χ4v) is 2.05. The monoisotopic (exact) mass is 189 g/mol. The molecule has 0 amide bonds. The van der Waals surface area contributed by atoms with Crippen LogP contribution in [0.3, 0.4) is 0 Å². The van der Waals surface area contributed by atoms with Crippen LogP contribution in [0.5, 0.6) is 0 Å². The van der Waals surface area contributed by atoms with Gasteiger partial charge < -0.3 is 15.6 Å². The Bertz CT molecular complexity index is 241. The second kappa shape index (κ2) is 2.99. The normalized spacial score (nSPS) is 34.6. The molecule has 0 fully saturated rings. The molecular weight excluding hydrogens is 178 g/mol. The Balaban J connectivity index is 2.70. The lowest BCUT2D eigenvalue weighted by atomic mass is 10.1. The molecule has 3 N–H and O–H groups in total. The van der Waals surface area contributed by atoms with Gasteiger partial charge in [-0.1, -0.05) is 11.8 Å². The molecule has 0 radical (unpaired) electrons. The maximum absolute atomic E-state index is 10.3. The topological polar surface area (TPSA) is 72.5 Å². The van der Waals surface area contributed by atoms with E-state index in [0.717, 1.165) is 5.57 Å². The molecule has 0 saturated heterocycles. The van der Waals surface area contributed by atoms with E-state index in [0.29, 0.717) is 0 Å². The molecule has 0 spiro atoms. The van der Waals surface area contributed by atoms with Gasteiger partial charge in [0, 0.05) is 0 Å². The van der Waals surface area contributed by atoms with Crippen molar-refractivity contribution in [2.24, 2.45) is 5.73 Å². The molecule has 0 aliphatic carbocycles. The van der Waals surface area contributed by atoms with Gasteiger partial charge in [0.05, 0.1) is 6.04 Å². The Hall–Kier alpha value is -0.680. The van der Waals surface area contributed by atoms with Crippen LogP contribution in [0.25, 0.3) is 0 Å². The standard InChI is InChI=1S/C7H11NO3S/c1-4-3-12-7(2,5(4)8)11-6(9)10/h3,5H,8H2,1-2H3,(H,9,10)/t5-,7-/m0/s1. The van der Waals surface area contributed by atoms with E-state index in [4.69, 9.17) is 10.8 Å². The van der Waals surface area contributed by atoms with E-state index < -0.39 is 11.1 Å². The number of rotatable bonds is 1. The summed E-state index contributed by atoms with van der Waals surface area (Å²) >= 11 is 1.30. The van der Waals surface area contributed by atoms with Crippen LogP contribution in [0.1, 0.15) is 13.8 Å². The van der Waals surface area contributed by atoms with Gasteiger partial charge in [-0.15, -0.1) is 0 Å². The number of ether oxygens (including phenoxy) is 1. The quantitative estimate of drug-likeness (QED) is 0.609. The summed E-state index contributed by atoms with van der Waals surface area (Å²) in [5, 5.41) is 10.3. The Labute approximate surface area is 74.8 Å². The molecule has 0 saturated carbocycles. The maximum Gasteiger partial charge on any atom is 0.507 e. The molecule has 68 valence electrons. The number of nitrogens with two attached hydrogens (primary N) is 1. The van der Waals surface area contributed by atoms with Crippen molar-refractivity contribution in [3.63, 3.8) is 0 Å². The summed E-state index contributed by atoms with van der Waals surface area (Å²) in [5.41, 5.74) is 6.68. The van der Waals surface area contributed by atoms with Crippen LogP contribution in [-0.2, 0) is 4.74 Å². The molecule has 5 heteroatoms. The van der Waals surface area contributed by atoms with E-state index in [-0.39, 0.29) is 6.04 Å². The number of carbonyl (C=O) groups is 1. The summed E-state index contributed by atoms with van der Waals surface area (Å²) in [7, 11) is 0. The molecule has 0 aromatic heterocycles. The van der Waals surface area contributed by atoms with E-state index in [2.05, 4.69) is 4.74 Å². The van der Waals surface area contributed by atoms with Crippen molar-refractivity contribution in [2.45, 2.75) is 24.8 Å². The number of carboxylic acid groups (broad SMARTS) is 1. The van der Waals surface area contributed by atoms with Crippen molar-refractivity contribution in [3.8, 4) is 0 Å². The molecule has 1 aliphatic rings. The lowest BCUT2D eigenvalue weighted by Crippen LogP contribution is -2.43. The lowest BCUT2D eigenvalue weighted by Gasteiger charge is -2.27. The molecular formula is C7H11NO3S. The van der Waals surface area contributed by atoms with Gasteiger partial charge in [0.15, 0.2) is 4.93 Å². The predicted octanol–water partition coefficient (Wildman–Crippen LogP) is 1.38. The summed E-state index contributed by atoms with van der Waals surface area (Å²) in [4.78, 5) is 9.45. The fourth-order valence-electron chi connectivity index (χ4n) is 1.03. The zero-order valence-corrected chi connectivity index (χ0v) is 7.72. The summed E-state index contributed by atoms with van der Waals surface area (Å²) in [6.07, 6.45) is -1.29. The zero-order chi connectivity index (χ0) is 9.35. The molecule has 2 atom stereocenters. The van der Waals surface area contributed by atoms with E-state index >= 15 is 0 Å². The minimum Gasteiger partial charge on any atom is -0.450 e. The van der Waals surface area contributed by atoms with Crippen LogP contribution in [0.15, 0.2) is 11.0 Å². The largest absolute Gasteiger partial charge is 0.507 e. The SMILES string of the molecule is CC1=CS[C@](C)(OC(=O)O)[C@H]1N. The first-order valence-corrected chi connectivity index (χ1v) is 4.35. The number of hydrogen-bond donors (Lipinski definition) is 2. The first-order valence-electron chi connectivity index (χ1n) is 3.48. The van der Waals surface area contributed by atoms with Crippen molar-refractivity contribution in [1.82, 2.24) is 0 Å². The van der Waals surface area contributed by atoms with E-state index in [1.165, 1.54) is 11.8 Å². The fraction of sp³-hybridized carbons (Fsp3) is 0.571. The van der Waals surface area contributed by atoms with E-state index in [1.807, 2.05) is 12.3 Å². The van der Waals surface area contributed by atoms with Gasteiger partial charge in [0.1, 0.15) is 0 Å². The van der Waals surface area contributed by atoms with Gasteiger partial charge >= 0.3 is 6.16 Å². The van der Waals surface area contributed by atoms with Crippen LogP contribution in [-0.4, -0.2) is 22.2 Å². The molecule has 0 aromatic rings. The average molecular weight is 189 g/mol. The Morgan fingerprint density at radius 1 is 1.92 bits per heavy atom. The maximum atomic E-state index is 10.3. The van der Waals surface area contributed by atoms with Crippen LogP contribution >= 0.6 is 11.8 Å². The molecule has 0 bridgehead atoms. The van der Waals surface area contributed by atoms with Crippen LogP contribution < -0.4 is 5.73 Å². The summed E-state index contributed by atoms with van der Waals surface area (Å²) in [5.74, 6) is 0. The van der Waals surface area contributed by atoms with Crippen molar-refractivity contribution < 1.29 is 14.6 Å². The zero-order valence-electron chi connectivity index (χ0n) is 6.90. The van der Waals surface area contributed by atoms with Crippen LogP contribution in [0.2, 0.25) is 0 Å². The third-order valence-electron chi connectivity index (χ3n) is 1.82. The third-order valence-corrected chi connectivity index (χ3v) is 3.12. The smallest absolute Gasteiger partial charge is 0.450 e. The van der Waals surface area contributed by atoms with Crippen molar-refractivity contribution in [1.29, 1.82) is 0 Å². The van der Waals surface area contributed by atoms with Crippen LogP contribution in [0, 0.1) is 0 Å². The van der Waals surface area contributed by atoms with Gasteiger partial charge in [-0.2, -0.15) is 0 Å². The molecule has 1 heterocycles. The van der Waals surface area contributed by atoms with E-state index in [1.54, 1.807) is 6.92 Å². The van der Waals surface area contributed by atoms with Crippen molar-refractivity contribution in [2.75, 3.05) is 0 Å². The first-order chi connectivity index (χ1) is 5.46. The highest BCUT2D eigenvalue weighted by Crippen LogP contribution is 2.40. The highest BCUT2D eigenvalue weighted by molar-refractivity contribution is 8.03. The van der Waals surface area contributed by atoms with Gasteiger partial charge in [0.2, 0.25) is 0 Å². The minimum atomic E-state index is -1.29. The Morgan fingerprint density at radius 2 is 2.50 bits per heavy atom. The first kappa shape index (κ1) is 9.41. The Kier molecular flexibility index (Phi) is 2.34. The number of hydrogen-bond acceptors (Lipinski definition) is 4. The molecule has 1 aliphatic heterocycles. The van der Waals surface area contributed by atoms with Gasteiger partial charge in [0.25, 0.3) is 0 Å². The van der Waals surface area contributed by atoms with Gasteiger partial charge in [-0.3, -0.25) is 0 Å². The van der Waals surface area contributed by atoms with Gasteiger partial charge in [-0.25, -0.2) is 4.79 Å². The predicted molar refractivity (Wildman–Crippen MR) is 46.8 cm³/mol. The summed E-state index contributed by atoms with van der Waals surface area (Å²) in [6, 6.07) is -0.349. The second-order valence-electron chi connectivity index (χ2n) is 2.84. The summed E-state index contributed by atoms with van der Waals surface area (Å²) in [6.45, 7) is 3.53. The van der Waals surface area contributed by atoms with E-state index in [9.17, 15) is 4.79 Å². The molecule has 4 nitrogen and oxygen atoms in total. The third kappa shape index (κ3) is 1.56. The number of thioether (sulfide) groups is 1.